The lowest BCUT2D eigenvalue weighted by atomic mass is 10.0. The molecule has 1 aliphatic heterocycles. The molecule has 0 aromatic rings. The fourth-order valence-electron chi connectivity index (χ4n) is 2.43. The monoisotopic (exact) mass is 377 g/mol. The lowest BCUT2D eigenvalue weighted by Gasteiger charge is -2.39. The second kappa shape index (κ2) is 11.8. The van der Waals surface area contributed by atoms with Gasteiger partial charge in [-0.05, 0) is 0 Å². The van der Waals surface area contributed by atoms with Crippen molar-refractivity contribution in [3.05, 3.63) is 0 Å². The van der Waals surface area contributed by atoms with E-state index in [4.69, 9.17) is 34.2 Å². The highest BCUT2D eigenvalue weighted by Gasteiger charge is 2.44. The Morgan fingerprint density at radius 2 is 1.69 bits per heavy atom. The Labute approximate surface area is 152 Å². The van der Waals surface area contributed by atoms with E-state index >= 15 is 0 Å². The maximum atomic E-state index is 11.4. The van der Waals surface area contributed by atoms with Crippen LogP contribution in [-0.4, -0.2) is 75.5 Å². The van der Waals surface area contributed by atoms with Crippen molar-refractivity contribution in [2.75, 3.05) is 33.0 Å². The van der Waals surface area contributed by atoms with Crippen molar-refractivity contribution in [1.29, 1.82) is 0 Å². The zero-order valence-corrected chi connectivity index (χ0v) is 15.3. The predicted octanol–water partition coefficient (Wildman–Crippen LogP) is -0.480. The average molecular weight is 377 g/mol. The van der Waals surface area contributed by atoms with E-state index in [1.54, 1.807) is 0 Å². The fraction of sp³-hybridized carbons (Fsp3) is 0.812. The Kier molecular flexibility index (Phi) is 10.1. The molecule has 1 fully saturated rings. The van der Waals surface area contributed by atoms with Crippen LogP contribution in [0, 0.1) is 0 Å². The van der Waals surface area contributed by atoms with Crippen molar-refractivity contribution in [3.63, 3.8) is 0 Å². The third-order valence-electron chi connectivity index (χ3n) is 3.35. The van der Waals surface area contributed by atoms with Crippen LogP contribution in [0.5, 0.6) is 0 Å². The van der Waals surface area contributed by atoms with Crippen LogP contribution in [0.15, 0.2) is 0 Å². The highest BCUT2D eigenvalue weighted by atomic mass is 16.7. The van der Waals surface area contributed by atoms with Gasteiger partial charge in [0.05, 0.1) is 19.8 Å². The van der Waals surface area contributed by atoms with Crippen molar-refractivity contribution in [2.45, 2.75) is 51.8 Å². The van der Waals surface area contributed by atoms with Crippen LogP contribution in [0.2, 0.25) is 0 Å². The SMILES string of the molecule is CC(=O)OC[C@H]1O[C@@H](OCCOCCN)C[C@@H](OC(C)=O)[C@H]1OC(C)=O. The molecule has 150 valence electrons. The van der Waals surface area contributed by atoms with Gasteiger partial charge >= 0.3 is 17.9 Å². The number of hydrogen-bond donors (Lipinski definition) is 1. The van der Waals surface area contributed by atoms with Gasteiger partial charge in [0.15, 0.2) is 12.4 Å². The van der Waals surface area contributed by atoms with Gasteiger partial charge in [0, 0.05) is 33.7 Å². The van der Waals surface area contributed by atoms with Crippen LogP contribution in [-0.2, 0) is 42.8 Å². The van der Waals surface area contributed by atoms with Gasteiger partial charge in [0.2, 0.25) is 0 Å². The minimum Gasteiger partial charge on any atom is -0.463 e. The van der Waals surface area contributed by atoms with E-state index < -0.39 is 42.5 Å². The molecular weight excluding hydrogens is 350 g/mol. The van der Waals surface area contributed by atoms with Crippen LogP contribution in [0.4, 0.5) is 0 Å². The third-order valence-corrected chi connectivity index (χ3v) is 3.35. The fourth-order valence-corrected chi connectivity index (χ4v) is 2.43. The molecule has 0 radical (unpaired) electrons. The number of carbonyl (C=O) groups is 3. The molecule has 0 amide bonds. The van der Waals surface area contributed by atoms with Crippen molar-refractivity contribution in [3.8, 4) is 0 Å². The van der Waals surface area contributed by atoms with Crippen LogP contribution in [0.3, 0.4) is 0 Å². The molecular formula is C16H27NO9. The second-order valence-electron chi connectivity index (χ2n) is 5.64. The second-order valence-corrected chi connectivity index (χ2v) is 5.64. The van der Waals surface area contributed by atoms with E-state index in [0.717, 1.165) is 0 Å². The smallest absolute Gasteiger partial charge is 0.303 e. The first-order valence-electron chi connectivity index (χ1n) is 8.36. The van der Waals surface area contributed by atoms with Gasteiger partial charge in [0.1, 0.15) is 18.8 Å². The summed E-state index contributed by atoms with van der Waals surface area (Å²) in [5.74, 6) is -1.62. The Morgan fingerprint density at radius 1 is 1.00 bits per heavy atom. The summed E-state index contributed by atoms with van der Waals surface area (Å²) in [6.45, 7) is 4.92. The first-order chi connectivity index (χ1) is 12.3. The first kappa shape index (κ1) is 22.3. The number of esters is 3. The molecule has 0 bridgehead atoms. The molecule has 10 heteroatoms. The Hall–Kier alpha value is -1.75. The highest BCUT2D eigenvalue weighted by molar-refractivity contribution is 5.67. The number of hydrogen-bond acceptors (Lipinski definition) is 10. The molecule has 2 N–H and O–H groups in total. The summed E-state index contributed by atoms with van der Waals surface area (Å²) in [6.07, 6.45) is -3.13. The molecule has 4 atom stereocenters. The van der Waals surface area contributed by atoms with Gasteiger partial charge in [-0.25, -0.2) is 0 Å². The molecule has 0 spiro atoms. The highest BCUT2D eigenvalue weighted by Crippen LogP contribution is 2.27. The molecule has 0 saturated carbocycles. The molecule has 26 heavy (non-hydrogen) atoms. The number of carbonyl (C=O) groups excluding carboxylic acids is 3. The minimum absolute atomic E-state index is 0.158. The molecule has 1 rings (SSSR count). The predicted molar refractivity (Wildman–Crippen MR) is 86.8 cm³/mol. The van der Waals surface area contributed by atoms with Gasteiger partial charge in [-0.1, -0.05) is 0 Å². The van der Waals surface area contributed by atoms with Gasteiger partial charge < -0.3 is 34.2 Å². The third kappa shape index (κ3) is 8.56. The van der Waals surface area contributed by atoms with Crippen LogP contribution < -0.4 is 5.73 Å². The van der Waals surface area contributed by atoms with Crippen molar-refractivity contribution >= 4 is 17.9 Å². The quantitative estimate of drug-likeness (QED) is 0.302. The van der Waals surface area contributed by atoms with Crippen LogP contribution in [0.1, 0.15) is 27.2 Å². The summed E-state index contributed by atoms with van der Waals surface area (Å²) in [4.78, 5) is 33.9. The summed E-state index contributed by atoms with van der Waals surface area (Å²) in [5.41, 5.74) is 5.33. The standard InChI is InChI=1S/C16H27NO9/c1-10(18)23-9-14-16(25-12(3)20)13(24-11(2)19)8-15(26-14)22-7-6-21-5-4-17/h13-16H,4-9,17H2,1-3H3/t13-,14-,15-,16-/m1/s1. The van der Waals surface area contributed by atoms with Crippen LogP contribution >= 0.6 is 0 Å². The number of nitrogens with two attached hydrogens (primary N) is 1. The lowest BCUT2D eigenvalue weighted by molar-refractivity contribution is -0.267. The summed E-state index contributed by atoms with van der Waals surface area (Å²) in [5, 5.41) is 0. The van der Waals surface area contributed by atoms with Crippen molar-refractivity contribution < 1.29 is 42.8 Å². The van der Waals surface area contributed by atoms with Crippen molar-refractivity contribution in [1.82, 2.24) is 0 Å². The molecule has 1 heterocycles. The topological polar surface area (TPSA) is 133 Å². The molecule has 0 aromatic carbocycles. The van der Waals surface area contributed by atoms with E-state index in [-0.39, 0.29) is 19.6 Å². The summed E-state index contributed by atoms with van der Waals surface area (Å²) < 4.78 is 32.0. The molecule has 0 aromatic heterocycles. The lowest BCUT2D eigenvalue weighted by Crippen LogP contribution is -2.54. The Balaban J connectivity index is 2.75. The molecule has 1 saturated heterocycles. The normalized spacial score (nSPS) is 25.4. The maximum Gasteiger partial charge on any atom is 0.303 e. The van der Waals surface area contributed by atoms with Gasteiger partial charge in [-0.2, -0.15) is 0 Å². The largest absolute Gasteiger partial charge is 0.463 e. The molecule has 0 unspecified atom stereocenters. The summed E-state index contributed by atoms with van der Waals surface area (Å²) in [7, 11) is 0. The van der Waals surface area contributed by atoms with E-state index in [2.05, 4.69) is 0 Å². The number of rotatable bonds is 10. The van der Waals surface area contributed by atoms with Gasteiger partial charge in [-0.3, -0.25) is 14.4 Å². The van der Waals surface area contributed by atoms with E-state index in [9.17, 15) is 14.4 Å². The summed E-state index contributed by atoms with van der Waals surface area (Å²) >= 11 is 0. The van der Waals surface area contributed by atoms with Gasteiger partial charge in [0.25, 0.3) is 0 Å². The van der Waals surface area contributed by atoms with Crippen LogP contribution in [0.25, 0.3) is 0 Å². The van der Waals surface area contributed by atoms with E-state index in [0.29, 0.717) is 19.8 Å². The van der Waals surface area contributed by atoms with E-state index in [1.165, 1.54) is 20.8 Å². The van der Waals surface area contributed by atoms with Crippen molar-refractivity contribution in [2.24, 2.45) is 5.73 Å². The average Bonchev–Trinajstić information content (AvgIpc) is 2.54. The maximum absolute atomic E-state index is 11.4. The molecule has 0 aliphatic carbocycles. The number of ether oxygens (including phenoxy) is 6. The molecule has 10 nitrogen and oxygen atoms in total. The van der Waals surface area contributed by atoms with E-state index in [1.807, 2.05) is 0 Å². The Morgan fingerprint density at radius 3 is 2.27 bits per heavy atom. The zero-order valence-electron chi connectivity index (χ0n) is 15.3. The minimum atomic E-state index is -0.913. The first-order valence-corrected chi connectivity index (χ1v) is 8.36. The van der Waals surface area contributed by atoms with Gasteiger partial charge in [-0.15, -0.1) is 0 Å². The molecule has 1 aliphatic rings. The Bertz CT molecular complexity index is 471. The summed E-state index contributed by atoms with van der Waals surface area (Å²) in [6, 6.07) is 0. The zero-order chi connectivity index (χ0) is 19.5.